The summed E-state index contributed by atoms with van der Waals surface area (Å²) in [7, 11) is 0. The van der Waals surface area contributed by atoms with Crippen molar-refractivity contribution in [3.8, 4) is 17.9 Å². The van der Waals surface area contributed by atoms with Crippen LogP contribution in [0.2, 0.25) is 5.02 Å². The first kappa shape index (κ1) is 11.9. The molecule has 0 fully saturated rings. The Morgan fingerprint density at radius 1 is 1.44 bits per heavy atom. The van der Waals surface area contributed by atoms with Gasteiger partial charge in [0.2, 0.25) is 0 Å². The number of rotatable bonds is 2. The van der Waals surface area contributed by atoms with Gasteiger partial charge in [-0.2, -0.15) is 10.5 Å². The molecule has 0 saturated carbocycles. The van der Waals surface area contributed by atoms with Gasteiger partial charge < -0.3 is 10.4 Å². The Kier molecular flexibility index (Phi) is 3.77. The van der Waals surface area contributed by atoms with Crippen molar-refractivity contribution < 1.29 is 5.11 Å². The Morgan fingerprint density at radius 2 is 2.06 bits per heavy atom. The summed E-state index contributed by atoms with van der Waals surface area (Å²) in [4.78, 5) is 0. The molecule has 1 aromatic carbocycles. The normalized spacial score (nSPS) is 8.75. The smallest absolute Gasteiger partial charge is 0.145 e. The van der Waals surface area contributed by atoms with E-state index in [9.17, 15) is 5.11 Å². The monoisotopic (exact) mass is 233 g/mol. The Bertz CT molecular complexity index is 507. The highest BCUT2D eigenvalue weighted by molar-refractivity contribution is 6.34. The fourth-order valence-corrected chi connectivity index (χ4v) is 1.28. The van der Waals surface area contributed by atoms with E-state index in [1.165, 1.54) is 6.20 Å². The number of phenolic OH excluding ortho intramolecular Hbond substituents is 1. The second-order valence-corrected chi connectivity index (χ2v) is 3.40. The molecule has 2 N–H and O–H groups in total. The molecule has 0 saturated heterocycles. The summed E-state index contributed by atoms with van der Waals surface area (Å²) in [5.41, 5.74) is 1.02. The zero-order valence-electron chi connectivity index (χ0n) is 8.45. The number of hydrogen-bond acceptors (Lipinski definition) is 4. The van der Waals surface area contributed by atoms with Crippen molar-refractivity contribution in [2.45, 2.75) is 6.92 Å². The molecule has 0 atom stereocenters. The molecule has 0 amide bonds. The van der Waals surface area contributed by atoms with E-state index in [-0.39, 0.29) is 16.3 Å². The van der Waals surface area contributed by atoms with Crippen LogP contribution in [0.4, 0.5) is 5.69 Å². The topological polar surface area (TPSA) is 79.8 Å². The standard InChI is InChI=1S/C11H8ClN3O/c1-7-2-3-9(10(12)11(7)16)15-6-8(4-13)5-14/h2-3,6,15-16H,1H3. The summed E-state index contributed by atoms with van der Waals surface area (Å²) in [6.45, 7) is 1.72. The first-order chi connectivity index (χ1) is 7.60. The van der Waals surface area contributed by atoms with Crippen LogP contribution in [-0.2, 0) is 0 Å². The Morgan fingerprint density at radius 3 is 2.62 bits per heavy atom. The van der Waals surface area contributed by atoms with Gasteiger partial charge in [0.05, 0.1) is 5.69 Å². The summed E-state index contributed by atoms with van der Waals surface area (Å²) >= 11 is 5.86. The largest absolute Gasteiger partial charge is 0.506 e. The zero-order chi connectivity index (χ0) is 12.1. The second-order valence-electron chi connectivity index (χ2n) is 3.02. The van der Waals surface area contributed by atoms with Crippen LogP contribution in [0.15, 0.2) is 23.9 Å². The fraction of sp³-hybridized carbons (Fsp3) is 0.0909. The van der Waals surface area contributed by atoms with Crippen molar-refractivity contribution in [1.82, 2.24) is 0 Å². The van der Waals surface area contributed by atoms with E-state index in [1.807, 2.05) is 0 Å². The van der Waals surface area contributed by atoms with Gasteiger partial charge in [0.15, 0.2) is 0 Å². The van der Waals surface area contributed by atoms with E-state index in [1.54, 1.807) is 31.2 Å². The molecule has 0 aromatic heterocycles. The summed E-state index contributed by atoms with van der Waals surface area (Å²) in [6, 6.07) is 6.73. The van der Waals surface area contributed by atoms with E-state index in [0.717, 1.165) is 0 Å². The van der Waals surface area contributed by atoms with Crippen LogP contribution in [0.5, 0.6) is 5.75 Å². The van der Waals surface area contributed by atoms with Crippen molar-refractivity contribution in [3.05, 3.63) is 34.5 Å². The number of nitrogens with one attached hydrogen (secondary N) is 1. The maximum absolute atomic E-state index is 9.54. The van der Waals surface area contributed by atoms with Gasteiger partial charge >= 0.3 is 0 Å². The Balaban J connectivity index is 3.02. The number of anilines is 1. The van der Waals surface area contributed by atoms with Crippen LogP contribution in [0.1, 0.15) is 5.56 Å². The number of nitriles is 2. The predicted molar refractivity (Wildman–Crippen MR) is 60.8 cm³/mol. The van der Waals surface area contributed by atoms with Gasteiger partial charge in [0.25, 0.3) is 0 Å². The molecule has 0 radical (unpaired) electrons. The van der Waals surface area contributed by atoms with Gasteiger partial charge in [0.1, 0.15) is 28.5 Å². The second kappa shape index (κ2) is 5.06. The summed E-state index contributed by atoms with van der Waals surface area (Å²) in [5, 5.41) is 29.4. The van der Waals surface area contributed by atoms with Crippen LogP contribution in [0.25, 0.3) is 0 Å². The van der Waals surface area contributed by atoms with Crippen molar-refractivity contribution in [2.75, 3.05) is 5.32 Å². The Hall–Kier alpha value is -2.17. The molecule has 0 spiro atoms. The molecule has 0 aliphatic rings. The minimum absolute atomic E-state index is 0.0180. The lowest BCUT2D eigenvalue weighted by molar-refractivity contribution is 0.471. The molecule has 0 aliphatic carbocycles. The van der Waals surface area contributed by atoms with Crippen molar-refractivity contribution in [3.63, 3.8) is 0 Å². The lowest BCUT2D eigenvalue weighted by atomic mass is 10.2. The van der Waals surface area contributed by atoms with Crippen LogP contribution in [-0.4, -0.2) is 5.11 Å². The van der Waals surface area contributed by atoms with E-state index in [4.69, 9.17) is 22.1 Å². The summed E-state index contributed by atoms with van der Waals surface area (Å²) < 4.78 is 0. The average molecular weight is 234 g/mol. The van der Waals surface area contributed by atoms with Crippen molar-refractivity contribution >= 4 is 17.3 Å². The lowest BCUT2D eigenvalue weighted by Gasteiger charge is -2.07. The highest BCUT2D eigenvalue weighted by Crippen LogP contribution is 2.33. The van der Waals surface area contributed by atoms with E-state index >= 15 is 0 Å². The lowest BCUT2D eigenvalue weighted by Crippen LogP contribution is -1.91. The van der Waals surface area contributed by atoms with Gasteiger partial charge in [-0.15, -0.1) is 0 Å². The molecule has 16 heavy (non-hydrogen) atoms. The maximum atomic E-state index is 9.54. The predicted octanol–water partition coefficient (Wildman–Crippen LogP) is 2.70. The molecular weight excluding hydrogens is 226 g/mol. The minimum Gasteiger partial charge on any atom is -0.506 e. The number of benzene rings is 1. The molecule has 1 aromatic rings. The van der Waals surface area contributed by atoms with Gasteiger partial charge in [0, 0.05) is 6.20 Å². The number of nitrogens with zero attached hydrogens (tertiary/aromatic N) is 2. The third-order valence-corrected chi connectivity index (χ3v) is 2.31. The van der Waals surface area contributed by atoms with Gasteiger partial charge in [-0.05, 0) is 18.6 Å². The number of allylic oxidation sites excluding steroid dienone is 1. The highest BCUT2D eigenvalue weighted by atomic mass is 35.5. The van der Waals surface area contributed by atoms with Crippen molar-refractivity contribution in [2.24, 2.45) is 0 Å². The van der Waals surface area contributed by atoms with Crippen LogP contribution in [0.3, 0.4) is 0 Å². The zero-order valence-corrected chi connectivity index (χ0v) is 9.21. The molecular formula is C11H8ClN3O. The van der Waals surface area contributed by atoms with Gasteiger partial charge in [-0.3, -0.25) is 0 Å². The molecule has 4 nitrogen and oxygen atoms in total. The molecule has 0 heterocycles. The molecule has 0 aliphatic heterocycles. The SMILES string of the molecule is Cc1ccc(NC=C(C#N)C#N)c(Cl)c1O. The molecule has 80 valence electrons. The third kappa shape index (κ3) is 2.44. The van der Waals surface area contributed by atoms with Crippen LogP contribution < -0.4 is 5.32 Å². The first-order valence-electron chi connectivity index (χ1n) is 4.35. The molecule has 5 heteroatoms. The summed E-state index contributed by atoms with van der Waals surface area (Å²) in [6.07, 6.45) is 1.23. The molecule has 0 bridgehead atoms. The average Bonchev–Trinajstić information content (AvgIpc) is 2.30. The van der Waals surface area contributed by atoms with Crippen molar-refractivity contribution in [1.29, 1.82) is 10.5 Å². The maximum Gasteiger partial charge on any atom is 0.145 e. The number of aryl methyl sites for hydroxylation is 1. The van der Waals surface area contributed by atoms with E-state index < -0.39 is 0 Å². The third-order valence-electron chi connectivity index (χ3n) is 1.93. The molecule has 1 rings (SSSR count). The summed E-state index contributed by atoms with van der Waals surface area (Å²) in [5.74, 6) is -0.0180. The van der Waals surface area contributed by atoms with Gasteiger partial charge in [-0.25, -0.2) is 0 Å². The van der Waals surface area contributed by atoms with Crippen LogP contribution >= 0.6 is 11.6 Å². The van der Waals surface area contributed by atoms with E-state index in [2.05, 4.69) is 5.32 Å². The number of halogens is 1. The van der Waals surface area contributed by atoms with E-state index in [0.29, 0.717) is 11.3 Å². The van der Waals surface area contributed by atoms with Crippen LogP contribution in [0, 0.1) is 29.6 Å². The Labute approximate surface area is 98.0 Å². The molecule has 0 unspecified atom stereocenters. The minimum atomic E-state index is -0.0730. The quantitative estimate of drug-likeness (QED) is 0.770. The highest BCUT2D eigenvalue weighted by Gasteiger charge is 2.07. The first-order valence-corrected chi connectivity index (χ1v) is 4.73. The number of phenols is 1. The number of aromatic hydroxyl groups is 1. The fourth-order valence-electron chi connectivity index (χ4n) is 1.01. The number of hydrogen-bond donors (Lipinski definition) is 2. The van der Waals surface area contributed by atoms with Gasteiger partial charge in [-0.1, -0.05) is 17.7 Å².